The Kier molecular flexibility index (Phi) is 2.57. The number of carboxylic acids is 1. The lowest BCUT2D eigenvalue weighted by Gasteiger charge is -1.99. The predicted molar refractivity (Wildman–Crippen MR) is 57.2 cm³/mol. The van der Waals surface area contributed by atoms with Gasteiger partial charge in [-0.15, -0.1) is 0 Å². The number of aromatic carboxylic acids is 1. The van der Waals surface area contributed by atoms with Crippen molar-refractivity contribution in [2.24, 2.45) is 0 Å². The molecular formula is C10H7N3O4. The molecule has 0 amide bonds. The molecule has 1 aromatic carbocycles. The normalized spacial score (nSPS) is 10.1. The van der Waals surface area contributed by atoms with Crippen LogP contribution >= 0.6 is 0 Å². The molecular weight excluding hydrogens is 226 g/mol. The lowest BCUT2D eigenvalue weighted by Crippen LogP contribution is -2.00. The van der Waals surface area contributed by atoms with E-state index in [1.807, 2.05) is 0 Å². The van der Waals surface area contributed by atoms with Gasteiger partial charge in [-0.3, -0.25) is 10.1 Å². The van der Waals surface area contributed by atoms with Crippen molar-refractivity contribution >= 4 is 11.7 Å². The molecule has 2 rings (SSSR count). The lowest BCUT2D eigenvalue weighted by molar-refractivity contribution is -0.384. The van der Waals surface area contributed by atoms with Crippen LogP contribution in [0, 0.1) is 10.1 Å². The van der Waals surface area contributed by atoms with E-state index in [2.05, 4.69) is 5.10 Å². The number of benzene rings is 1. The lowest BCUT2D eigenvalue weighted by atomic mass is 10.3. The summed E-state index contributed by atoms with van der Waals surface area (Å²) in [6.07, 6.45) is 1.48. The molecule has 1 N–H and O–H groups in total. The van der Waals surface area contributed by atoms with E-state index in [9.17, 15) is 14.9 Å². The Hall–Kier alpha value is -2.70. The van der Waals surface area contributed by atoms with E-state index in [4.69, 9.17) is 5.11 Å². The standard InChI is InChI=1S/C10H7N3O4/c14-10(15)9-5-6-12(11-9)7-1-3-8(4-2-7)13(16)17/h1-6H,(H,14,15). The molecule has 0 bridgehead atoms. The number of carbonyl (C=O) groups is 1. The second-order valence-electron chi connectivity index (χ2n) is 3.22. The van der Waals surface area contributed by atoms with E-state index < -0.39 is 10.9 Å². The number of hydrogen-bond donors (Lipinski definition) is 1. The van der Waals surface area contributed by atoms with Gasteiger partial charge >= 0.3 is 5.97 Å². The Morgan fingerprint density at radius 1 is 1.29 bits per heavy atom. The molecule has 7 nitrogen and oxygen atoms in total. The molecule has 0 aliphatic carbocycles. The van der Waals surface area contributed by atoms with Crippen LogP contribution in [0.2, 0.25) is 0 Å². The van der Waals surface area contributed by atoms with Gasteiger partial charge in [0.25, 0.3) is 5.69 Å². The largest absolute Gasteiger partial charge is 0.476 e. The summed E-state index contributed by atoms with van der Waals surface area (Å²) < 4.78 is 1.34. The van der Waals surface area contributed by atoms with Crippen LogP contribution in [-0.4, -0.2) is 25.8 Å². The van der Waals surface area contributed by atoms with Gasteiger partial charge in [-0.1, -0.05) is 0 Å². The summed E-state index contributed by atoms with van der Waals surface area (Å²) >= 11 is 0. The summed E-state index contributed by atoms with van der Waals surface area (Å²) in [4.78, 5) is 20.6. The third-order valence-electron chi connectivity index (χ3n) is 2.13. The van der Waals surface area contributed by atoms with Gasteiger partial charge in [-0.2, -0.15) is 5.10 Å². The Morgan fingerprint density at radius 3 is 2.41 bits per heavy atom. The minimum atomic E-state index is -1.12. The van der Waals surface area contributed by atoms with Gasteiger partial charge in [0.05, 0.1) is 10.6 Å². The minimum absolute atomic E-state index is 0.0284. The molecule has 17 heavy (non-hydrogen) atoms. The maximum Gasteiger partial charge on any atom is 0.356 e. The predicted octanol–water partition coefficient (Wildman–Crippen LogP) is 1.48. The number of aromatic nitrogens is 2. The van der Waals surface area contributed by atoms with Gasteiger partial charge in [0.2, 0.25) is 0 Å². The summed E-state index contributed by atoms with van der Waals surface area (Å²) in [7, 11) is 0. The van der Waals surface area contributed by atoms with Gasteiger partial charge in [-0.05, 0) is 18.2 Å². The third kappa shape index (κ3) is 2.12. The summed E-state index contributed by atoms with van der Waals surface area (Å²) in [6, 6.07) is 7.01. The first-order valence-corrected chi connectivity index (χ1v) is 4.62. The SMILES string of the molecule is O=C(O)c1ccn(-c2ccc([N+](=O)[O-])cc2)n1. The van der Waals surface area contributed by atoms with Crippen molar-refractivity contribution in [1.82, 2.24) is 9.78 Å². The number of nitro groups is 1. The smallest absolute Gasteiger partial charge is 0.356 e. The molecule has 1 aromatic heterocycles. The highest BCUT2D eigenvalue weighted by Gasteiger charge is 2.09. The van der Waals surface area contributed by atoms with Crippen LogP contribution in [0.15, 0.2) is 36.5 Å². The van der Waals surface area contributed by atoms with E-state index in [0.29, 0.717) is 5.69 Å². The fraction of sp³-hybridized carbons (Fsp3) is 0. The van der Waals surface area contributed by atoms with Crippen molar-refractivity contribution in [2.75, 3.05) is 0 Å². The summed E-state index contributed by atoms with van der Waals surface area (Å²) in [6.45, 7) is 0. The van der Waals surface area contributed by atoms with E-state index in [1.54, 1.807) is 0 Å². The second kappa shape index (κ2) is 4.05. The topological polar surface area (TPSA) is 98.3 Å². The van der Waals surface area contributed by atoms with Crippen LogP contribution in [-0.2, 0) is 0 Å². The van der Waals surface area contributed by atoms with Crippen molar-refractivity contribution in [2.45, 2.75) is 0 Å². The molecule has 0 saturated heterocycles. The molecule has 0 aliphatic heterocycles. The van der Waals surface area contributed by atoms with Crippen LogP contribution < -0.4 is 0 Å². The molecule has 0 unspecified atom stereocenters. The summed E-state index contributed by atoms with van der Waals surface area (Å²) in [5, 5.41) is 22.9. The molecule has 86 valence electrons. The molecule has 1 heterocycles. The first kappa shape index (κ1) is 10.8. The fourth-order valence-corrected chi connectivity index (χ4v) is 1.31. The Balaban J connectivity index is 2.33. The molecule has 0 radical (unpaired) electrons. The van der Waals surface area contributed by atoms with Crippen LogP contribution in [0.5, 0.6) is 0 Å². The van der Waals surface area contributed by atoms with Crippen LogP contribution in [0.1, 0.15) is 10.5 Å². The number of rotatable bonds is 3. The fourth-order valence-electron chi connectivity index (χ4n) is 1.31. The number of non-ortho nitro benzene ring substituents is 1. The molecule has 7 heteroatoms. The molecule has 2 aromatic rings. The molecule has 0 atom stereocenters. The third-order valence-corrected chi connectivity index (χ3v) is 2.13. The van der Waals surface area contributed by atoms with Crippen LogP contribution in [0.3, 0.4) is 0 Å². The summed E-state index contributed by atoms with van der Waals surface area (Å²) in [5.41, 5.74) is 0.450. The zero-order valence-corrected chi connectivity index (χ0v) is 8.48. The first-order valence-electron chi connectivity index (χ1n) is 4.62. The maximum absolute atomic E-state index is 10.6. The maximum atomic E-state index is 10.6. The molecule has 0 spiro atoms. The van der Waals surface area contributed by atoms with Crippen LogP contribution in [0.25, 0.3) is 5.69 Å². The van der Waals surface area contributed by atoms with Gasteiger partial charge in [0, 0.05) is 18.3 Å². The van der Waals surface area contributed by atoms with Crippen molar-refractivity contribution in [1.29, 1.82) is 0 Å². The van der Waals surface area contributed by atoms with Crippen molar-refractivity contribution in [3.8, 4) is 5.69 Å². The Labute approximate surface area is 95.1 Å². The van der Waals surface area contributed by atoms with Gasteiger partial charge < -0.3 is 5.11 Å². The average Bonchev–Trinajstić information content (AvgIpc) is 2.78. The van der Waals surface area contributed by atoms with Crippen molar-refractivity contribution in [3.63, 3.8) is 0 Å². The van der Waals surface area contributed by atoms with Crippen molar-refractivity contribution in [3.05, 3.63) is 52.3 Å². The van der Waals surface area contributed by atoms with Gasteiger partial charge in [0.1, 0.15) is 0 Å². The minimum Gasteiger partial charge on any atom is -0.476 e. The number of nitro benzene ring substituents is 1. The highest BCUT2D eigenvalue weighted by atomic mass is 16.6. The monoisotopic (exact) mass is 233 g/mol. The van der Waals surface area contributed by atoms with Crippen LogP contribution in [0.4, 0.5) is 5.69 Å². The highest BCUT2D eigenvalue weighted by Crippen LogP contribution is 2.14. The van der Waals surface area contributed by atoms with E-state index >= 15 is 0 Å². The van der Waals surface area contributed by atoms with Gasteiger partial charge in [0.15, 0.2) is 5.69 Å². The second-order valence-corrected chi connectivity index (χ2v) is 3.22. The Morgan fingerprint density at radius 2 is 1.94 bits per heavy atom. The zero-order valence-electron chi connectivity index (χ0n) is 8.48. The van der Waals surface area contributed by atoms with Gasteiger partial charge in [-0.25, -0.2) is 9.48 Å². The number of hydrogen-bond acceptors (Lipinski definition) is 4. The van der Waals surface area contributed by atoms with Crippen molar-refractivity contribution < 1.29 is 14.8 Å². The Bertz CT molecular complexity index is 573. The quantitative estimate of drug-likeness (QED) is 0.639. The highest BCUT2D eigenvalue weighted by molar-refractivity contribution is 5.85. The average molecular weight is 233 g/mol. The molecule has 0 fully saturated rings. The van der Waals surface area contributed by atoms with E-state index in [0.717, 1.165) is 0 Å². The number of nitrogens with zero attached hydrogens (tertiary/aromatic N) is 3. The number of carboxylic acid groups (broad SMARTS) is 1. The molecule has 0 aliphatic rings. The first-order chi connectivity index (χ1) is 8.08. The summed E-state index contributed by atoms with van der Waals surface area (Å²) in [5.74, 6) is -1.12. The molecule has 0 saturated carbocycles. The zero-order chi connectivity index (χ0) is 12.4. The van der Waals surface area contributed by atoms with E-state index in [-0.39, 0.29) is 11.4 Å². The van der Waals surface area contributed by atoms with E-state index in [1.165, 1.54) is 41.2 Å².